The van der Waals surface area contributed by atoms with Crippen molar-refractivity contribution >= 4 is 29.8 Å². The van der Waals surface area contributed by atoms with Crippen LogP contribution in [0.15, 0.2) is 66.7 Å². The van der Waals surface area contributed by atoms with E-state index in [1.165, 1.54) is 6.08 Å². The molecule has 0 aliphatic carbocycles. The first-order chi connectivity index (χ1) is 19.8. The normalized spacial score (nSPS) is 16.0. The summed E-state index contributed by atoms with van der Waals surface area (Å²) in [7, 11) is 0. The Bertz CT molecular complexity index is 1260. The predicted molar refractivity (Wildman–Crippen MR) is 158 cm³/mol. The van der Waals surface area contributed by atoms with Crippen LogP contribution < -0.4 is 10.6 Å². The third-order valence-electron chi connectivity index (χ3n) is 6.74. The summed E-state index contributed by atoms with van der Waals surface area (Å²) in [4.78, 5) is 54.3. The molecule has 0 bridgehead atoms. The fourth-order valence-corrected chi connectivity index (χ4v) is 4.70. The van der Waals surface area contributed by atoms with Crippen molar-refractivity contribution in [2.45, 2.75) is 64.6 Å². The van der Waals surface area contributed by atoms with Crippen molar-refractivity contribution in [1.29, 1.82) is 0 Å². The minimum Gasteiger partial charge on any atom is -0.451 e. The molecule has 8 nitrogen and oxygen atoms in total. The molecule has 1 heterocycles. The number of hydrogen-bond acceptors (Lipinski definition) is 5. The predicted octanol–water partition coefficient (Wildman–Crippen LogP) is 3.52. The van der Waals surface area contributed by atoms with Crippen molar-refractivity contribution in [3.63, 3.8) is 0 Å². The van der Waals surface area contributed by atoms with E-state index in [0.29, 0.717) is 25.8 Å². The summed E-state index contributed by atoms with van der Waals surface area (Å²) >= 11 is 0. The molecule has 216 valence electrons. The lowest BCUT2D eigenvalue weighted by Gasteiger charge is -2.27. The first kappa shape index (κ1) is 31.2. The fraction of sp³-hybridized carbons (Fsp3) is 0.394. The standard InChI is InChI=1S/C33H39N3O5/c1-4-5-21-41-33(40)28(23-26-15-10-7-11-16-26)35-31(38)27(22-24(2)3)34-32(39)29-17-12-20-36(29)30(37)19-18-25-13-8-6-9-14-25/h6-11,13-16,18-19,24,27-29H,12,17,20-23H2,1-3H3,(H,34,39)(H,35,38)/b19-18+/t27-,28-,29-/m0/s1. The van der Waals surface area contributed by atoms with E-state index in [-0.39, 0.29) is 30.8 Å². The van der Waals surface area contributed by atoms with Gasteiger partial charge in [0.05, 0.1) is 0 Å². The molecule has 2 aromatic rings. The molecule has 0 unspecified atom stereocenters. The van der Waals surface area contributed by atoms with E-state index in [1.54, 1.807) is 17.9 Å². The third kappa shape index (κ3) is 9.95. The van der Waals surface area contributed by atoms with Crippen LogP contribution in [0.3, 0.4) is 0 Å². The number of nitrogens with one attached hydrogen (secondary N) is 2. The van der Waals surface area contributed by atoms with E-state index in [2.05, 4.69) is 22.5 Å². The van der Waals surface area contributed by atoms with Gasteiger partial charge in [0.15, 0.2) is 6.61 Å². The maximum atomic E-state index is 13.5. The molecule has 0 spiro atoms. The van der Waals surface area contributed by atoms with Crippen LogP contribution >= 0.6 is 0 Å². The molecular weight excluding hydrogens is 518 g/mol. The van der Waals surface area contributed by atoms with E-state index in [9.17, 15) is 19.2 Å². The van der Waals surface area contributed by atoms with Crippen molar-refractivity contribution in [3.8, 4) is 11.8 Å². The molecule has 1 aliphatic heterocycles. The zero-order valence-corrected chi connectivity index (χ0v) is 24.0. The minimum atomic E-state index is -0.956. The molecule has 3 atom stereocenters. The van der Waals surface area contributed by atoms with Crippen LogP contribution in [0.25, 0.3) is 6.08 Å². The Morgan fingerprint density at radius 2 is 1.68 bits per heavy atom. The molecule has 3 rings (SSSR count). The average molecular weight is 558 g/mol. The number of amides is 3. The smallest absolute Gasteiger partial charge is 0.329 e. The summed E-state index contributed by atoms with van der Waals surface area (Å²) in [5.74, 6) is 3.73. The van der Waals surface area contributed by atoms with Gasteiger partial charge < -0.3 is 20.3 Å². The van der Waals surface area contributed by atoms with E-state index >= 15 is 0 Å². The SMILES string of the molecule is CC#CCOC(=O)[C@H](Cc1ccccc1)NC(=O)[C@H](CC(C)C)NC(=O)[C@@H]1CCCN1C(=O)/C=C/c1ccccc1. The number of rotatable bonds is 12. The van der Waals surface area contributed by atoms with Crippen LogP contribution in [0.5, 0.6) is 0 Å². The monoisotopic (exact) mass is 557 g/mol. The van der Waals surface area contributed by atoms with Crippen LogP contribution in [0.1, 0.15) is 51.2 Å². The molecule has 0 saturated carbocycles. The second-order valence-electron chi connectivity index (χ2n) is 10.4. The second-order valence-corrected chi connectivity index (χ2v) is 10.4. The van der Waals surface area contributed by atoms with E-state index < -0.39 is 30.0 Å². The zero-order chi connectivity index (χ0) is 29.6. The van der Waals surface area contributed by atoms with Gasteiger partial charge in [-0.3, -0.25) is 14.4 Å². The van der Waals surface area contributed by atoms with Gasteiger partial charge in [-0.25, -0.2) is 4.79 Å². The molecule has 8 heteroatoms. The Hall–Kier alpha value is -4.38. The highest BCUT2D eigenvalue weighted by atomic mass is 16.5. The number of carbonyl (C=O) groups excluding carboxylic acids is 4. The number of likely N-dealkylation sites (tertiary alicyclic amines) is 1. The van der Waals surface area contributed by atoms with Crippen molar-refractivity contribution < 1.29 is 23.9 Å². The molecule has 1 saturated heterocycles. The van der Waals surface area contributed by atoms with Gasteiger partial charge in [0, 0.05) is 19.0 Å². The molecule has 1 aliphatic rings. The quantitative estimate of drug-likeness (QED) is 0.236. The lowest BCUT2D eigenvalue weighted by atomic mass is 10.0. The summed E-state index contributed by atoms with van der Waals surface area (Å²) in [6.45, 7) is 5.93. The molecule has 1 fully saturated rings. The van der Waals surface area contributed by atoms with Crippen molar-refractivity contribution in [2.24, 2.45) is 5.92 Å². The van der Waals surface area contributed by atoms with Gasteiger partial charge >= 0.3 is 5.97 Å². The maximum absolute atomic E-state index is 13.5. The Labute approximate surface area is 242 Å². The maximum Gasteiger partial charge on any atom is 0.329 e. The highest BCUT2D eigenvalue weighted by molar-refractivity contribution is 5.97. The first-order valence-electron chi connectivity index (χ1n) is 14.0. The van der Waals surface area contributed by atoms with Gasteiger partial charge in [-0.2, -0.15) is 0 Å². The molecule has 41 heavy (non-hydrogen) atoms. The number of benzene rings is 2. The summed E-state index contributed by atoms with van der Waals surface area (Å²) < 4.78 is 5.27. The Morgan fingerprint density at radius 3 is 2.34 bits per heavy atom. The Balaban J connectivity index is 1.71. The van der Waals surface area contributed by atoms with Gasteiger partial charge in [-0.1, -0.05) is 80.4 Å². The van der Waals surface area contributed by atoms with E-state index in [1.807, 2.05) is 74.5 Å². The number of nitrogens with zero attached hydrogens (tertiary/aromatic N) is 1. The molecular formula is C33H39N3O5. The highest BCUT2D eigenvalue weighted by Crippen LogP contribution is 2.19. The summed E-state index contributed by atoms with van der Waals surface area (Å²) in [6.07, 6.45) is 4.99. The van der Waals surface area contributed by atoms with E-state index in [4.69, 9.17) is 4.74 Å². The van der Waals surface area contributed by atoms with Gasteiger partial charge in [-0.15, -0.1) is 5.92 Å². The summed E-state index contributed by atoms with van der Waals surface area (Å²) in [5.41, 5.74) is 1.74. The number of ether oxygens (including phenoxy) is 1. The van der Waals surface area contributed by atoms with Crippen molar-refractivity contribution in [2.75, 3.05) is 13.2 Å². The summed E-state index contributed by atoms with van der Waals surface area (Å²) in [6, 6.07) is 16.3. The number of esters is 1. The van der Waals surface area contributed by atoms with Gasteiger partial charge in [0.2, 0.25) is 17.7 Å². The number of carbonyl (C=O) groups is 4. The average Bonchev–Trinajstić information content (AvgIpc) is 3.46. The number of hydrogen-bond donors (Lipinski definition) is 2. The lowest BCUT2D eigenvalue weighted by molar-refractivity contribution is -0.147. The van der Waals surface area contributed by atoms with Crippen LogP contribution in [0.4, 0.5) is 0 Å². The summed E-state index contributed by atoms with van der Waals surface area (Å²) in [5, 5.41) is 5.66. The molecule has 0 aromatic heterocycles. The Morgan fingerprint density at radius 1 is 1.00 bits per heavy atom. The highest BCUT2D eigenvalue weighted by Gasteiger charge is 2.36. The van der Waals surface area contributed by atoms with Crippen LogP contribution in [0, 0.1) is 17.8 Å². The topological polar surface area (TPSA) is 105 Å². The largest absolute Gasteiger partial charge is 0.451 e. The second kappa shape index (κ2) is 16.0. The van der Waals surface area contributed by atoms with Crippen LogP contribution in [-0.4, -0.2) is 59.9 Å². The third-order valence-corrected chi connectivity index (χ3v) is 6.74. The van der Waals surface area contributed by atoms with Crippen molar-refractivity contribution in [1.82, 2.24) is 15.5 Å². The molecule has 2 N–H and O–H groups in total. The fourth-order valence-electron chi connectivity index (χ4n) is 4.70. The molecule has 3 amide bonds. The van der Waals surface area contributed by atoms with Crippen LogP contribution in [0.2, 0.25) is 0 Å². The molecule has 2 aromatic carbocycles. The van der Waals surface area contributed by atoms with Gasteiger partial charge in [-0.05, 0) is 49.3 Å². The van der Waals surface area contributed by atoms with Gasteiger partial charge in [0.1, 0.15) is 18.1 Å². The van der Waals surface area contributed by atoms with Crippen molar-refractivity contribution in [3.05, 3.63) is 77.9 Å². The first-order valence-corrected chi connectivity index (χ1v) is 14.0. The minimum absolute atomic E-state index is 0.0765. The van der Waals surface area contributed by atoms with E-state index in [0.717, 1.165) is 11.1 Å². The lowest BCUT2D eigenvalue weighted by Crippen LogP contribution is -2.56. The van der Waals surface area contributed by atoms with Crippen LogP contribution in [-0.2, 0) is 30.3 Å². The Kier molecular flexibility index (Phi) is 12.2. The molecule has 0 radical (unpaired) electrons. The zero-order valence-electron chi connectivity index (χ0n) is 24.0. The van der Waals surface area contributed by atoms with Gasteiger partial charge in [0.25, 0.3) is 0 Å².